The van der Waals surface area contributed by atoms with Gasteiger partial charge in [0.2, 0.25) is 0 Å². The molecule has 1 aromatic carbocycles. The molecule has 0 radical (unpaired) electrons. The number of rotatable bonds is 3. The number of nitrogens with one attached hydrogen (secondary N) is 2. The molecular weight excluding hydrogens is 272 g/mol. The van der Waals surface area contributed by atoms with Gasteiger partial charge in [0, 0.05) is 24.5 Å². The summed E-state index contributed by atoms with van der Waals surface area (Å²) in [7, 11) is 1.74. The Labute approximate surface area is 119 Å². The quantitative estimate of drug-likeness (QED) is 0.764. The smallest absolute Gasteiger partial charge is 0.346 e. The molecule has 2 N–H and O–H groups in total. The summed E-state index contributed by atoms with van der Waals surface area (Å²) in [5.74, 6) is -0.598. The van der Waals surface area contributed by atoms with Gasteiger partial charge in [-0.15, -0.1) is 0 Å². The molecule has 2 heterocycles. The molecule has 0 aliphatic rings. The maximum absolute atomic E-state index is 12.2. The number of hydrogen-bond donors (Lipinski definition) is 2. The van der Waals surface area contributed by atoms with Crippen LogP contribution < -0.4 is 11.1 Å². The third-order valence-corrected chi connectivity index (χ3v) is 2.98. The first-order valence-corrected chi connectivity index (χ1v) is 6.22. The van der Waals surface area contributed by atoms with E-state index in [2.05, 4.69) is 20.0 Å². The summed E-state index contributed by atoms with van der Waals surface area (Å²) >= 11 is 0. The van der Waals surface area contributed by atoms with Crippen molar-refractivity contribution in [2.75, 3.05) is 5.32 Å². The summed E-state index contributed by atoms with van der Waals surface area (Å²) in [6.45, 7) is 0. The first-order valence-electron chi connectivity index (χ1n) is 6.22. The number of aromatic amines is 1. The number of aromatic nitrogens is 3. The first kappa shape index (κ1) is 12.9. The molecule has 0 bridgehead atoms. The predicted molar refractivity (Wildman–Crippen MR) is 75.9 cm³/mol. The second kappa shape index (κ2) is 5.12. The minimum atomic E-state index is -0.635. The molecule has 2 aromatic heterocycles. The highest BCUT2D eigenvalue weighted by Gasteiger charge is 2.15. The van der Waals surface area contributed by atoms with Crippen molar-refractivity contribution in [1.29, 1.82) is 0 Å². The lowest BCUT2D eigenvalue weighted by molar-refractivity contribution is 0.101. The van der Waals surface area contributed by atoms with Gasteiger partial charge in [-0.25, -0.2) is 4.79 Å². The second-order valence-electron chi connectivity index (χ2n) is 4.49. The van der Waals surface area contributed by atoms with Crippen molar-refractivity contribution in [3.8, 4) is 11.4 Å². The SMILES string of the molecule is Cn1cc(-c2noc(=O)[nH]2)cc1C(=O)Nc1ccccc1. The monoisotopic (exact) mass is 284 g/mol. The fourth-order valence-corrected chi connectivity index (χ4v) is 1.99. The van der Waals surface area contributed by atoms with E-state index in [4.69, 9.17) is 0 Å². The van der Waals surface area contributed by atoms with Crippen LogP contribution in [-0.2, 0) is 7.05 Å². The Hall–Kier alpha value is -3.09. The standard InChI is InChI=1S/C14H12N4O3/c1-18-8-9(12-16-14(20)21-17-12)7-11(18)13(19)15-10-5-3-2-4-6-10/h2-8H,1H3,(H,15,19)(H,16,17,20). The van der Waals surface area contributed by atoms with Gasteiger partial charge >= 0.3 is 5.76 Å². The van der Waals surface area contributed by atoms with Crippen molar-refractivity contribution in [2.45, 2.75) is 0 Å². The first-order chi connectivity index (χ1) is 10.1. The van der Waals surface area contributed by atoms with Crippen LogP contribution in [0.2, 0.25) is 0 Å². The Morgan fingerprint density at radius 1 is 1.33 bits per heavy atom. The van der Waals surface area contributed by atoms with E-state index < -0.39 is 5.76 Å². The molecule has 0 aliphatic heterocycles. The molecule has 0 atom stereocenters. The normalized spacial score (nSPS) is 10.5. The van der Waals surface area contributed by atoms with Crippen molar-refractivity contribution in [2.24, 2.45) is 7.05 Å². The Bertz CT molecular complexity index is 829. The summed E-state index contributed by atoms with van der Waals surface area (Å²) in [4.78, 5) is 25.6. The summed E-state index contributed by atoms with van der Waals surface area (Å²) in [6, 6.07) is 10.8. The summed E-state index contributed by atoms with van der Waals surface area (Å²) in [5, 5.41) is 6.39. The predicted octanol–water partition coefficient (Wildman–Crippen LogP) is 1.62. The van der Waals surface area contributed by atoms with Gasteiger partial charge in [0.1, 0.15) is 5.69 Å². The highest BCUT2D eigenvalue weighted by atomic mass is 16.5. The van der Waals surface area contributed by atoms with Gasteiger partial charge in [0.15, 0.2) is 5.82 Å². The molecular formula is C14H12N4O3. The fraction of sp³-hybridized carbons (Fsp3) is 0.0714. The summed E-state index contributed by atoms with van der Waals surface area (Å²) < 4.78 is 6.11. The lowest BCUT2D eigenvalue weighted by Gasteiger charge is -2.05. The highest BCUT2D eigenvalue weighted by Crippen LogP contribution is 2.18. The van der Waals surface area contributed by atoms with Crippen LogP contribution in [-0.4, -0.2) is 20.6 Å². The molecule has 3 rings (SSSR count). The Balaban J connectivity index is 1.87. The average molecular weight is 284 g/mol. The largest absolute Gasteiger partial charge is 0.439 e. The number of carbonyl (C=O) groups is 1. The van der Waals surface area contributed by atoms with Gasteiger partial charge < -0.3 is 9.88 Å². The van der Waals surface area contributed by atoms with Crippen molar-refractivity contribution < 1.29 is 9.32 Å². The number of H-pyrrole nitrogens is 1. The second-order valence-corrected chi connectivity index (χ2v) is 4.49. The number of nitrogens with zero attached hydrogens (tertiary/aromatic N) is 2. The molecule has 3 aromatic rings. The van der Waals surface area contributed by atoms with Gasteiger partial charge in [-0.2, -0.15) is 0 Å². The van der Waals surface area contributed by atoms with E-state index >= 15 is 0 Å². The Morgan fingerprint density at radius 2 is 2.10 bits per heavy atom. The topological polar surface area (TPSA) is 92.9 Å². The van der Waals surface area contributed by atoms with Gasteiger partial charge in [0.05, 0.1) is 0 Å². The lowest BCUT2D eigenvalue weighted by atomic mass is 10.2. The molecule has 21 heavy (non-hydrogen) atoms. The van der Waals surface area contributed by atoms with E-state index in [1.807, 2.05) is 18.2 Å². The van der Waals surface area contributed by atoms with E-state index in [0.29, 0.717) is 16.9 Å². The van der Waals surface area contributed by atoms with Crippen molar-refractivity contribution >= 4 is 11.6 Å². The van der Waals surface area contributed by atoms with Crippen LogP contribution in [0, 0.1) is 0 Å². The van der Waals surface area contributed by atoms with Gasteiger partial charge in [0.25, 0.3) is 5.91 Å². The van der Waals surface area contributed by atoms with Crippen LogP contribution in [0.3, 0.4) is 0 Å². The number of hydrogen-bond acceptors (Lipinski definition) is 4. The van der Waals surface area contributed by atoms with Gasteiger partial charge in [-0.05, 0) is 18.2 Å². The third kappa shape index (κ3) is 2.62. The Morgan fingerprint density at radius 3 is 2.76 bits per heavy atom. The molecule has 7 heteroatoms. The molecule has 0 saturated carbocycles. The molecule has 1 amide bonds. The summed E-state index contributed by atoms with van der Waals surface area (Å²) in [5.41, 5.74) is 1.75. The Kier molecular flexibility index (Phi) is 3.15. The number of anilines is 1. The van der Waals surface area contributed by atoms with Gasteiger partial charge in [-0.3, -0.25) is 14.3 Å². The molecule has 106 valence electrons. The number of aryl methyl sites for hydroxylation is 1. The highest BCUT2D eigenvalue weighted by molar-refractivity contribution is 6.03. The van der Waals surface area contributed by atoms with Crippen LogP contribution in [0.5, 0.6) is 0 Å². The molecule has 0 unspecified atom stereocenters. The van der Waals surface area contributed by atoms with Crippen LogP contribution in [0.4, 0.5) is 5.69 Å². The lowest BCUT2D eigenvalue weighted by Crippen LogP contribution is -2.15. The van der Waals surface area contributed by atoms with Crippen LogP contribution >= 0.6 is 0 Å². The van der Waals surface area contributed by atoms with Crippen LogP contribution in [0.15, 0.2) is 51.9 Å². The van der Waals surface area contributed by atoms with E-state index in [-0.39, 0.29) is 11.7 Å². The third-order valence-electron chi connectivity index (χ3n) is 2.98. The number of benzene rings is 1. The maximum atomic E-state index is 12.2. The van der Waals surface area contributed by atoms with E-state index in [1.54, 1.807) is 36.0 Å². The van der Waals surface area contributed by atoms with Crippen molar-refractivity contribution in [3.05, 3.63) is 58.8 Å². The zero-order chi connectivity index (χ0) is 14.8. The van der Waals surface area contributed by atoms with E-state index in [1.165, 1.54) is 0 Å². The molecule has 0 fully saturated rings. The molecule has 7 nitrogen and oxygen atoms in total. The number of carbonyl (C=O) groups excluding carboxylic acids is 1. The van der Waals surface area contributed by atoms with Crippen LogP contribution in [0.1, 0.15) is 10.5 Å². The van der Waals surface area contributed by atoms with Crippen molar-refractivity contribution in [1.82, 2.24) is 14.7 Å². The zero-order valence-electron chi connectivity index (χ0n) is 11.2. The molecule has 0 aliphatic carbocycles. The van der Waals surface area contributed by atoms with E-state index in [9.17, 15) is 9.59 Å². The number of amides is 1. The minimum Gasteiger partial charge on any atom is -0.346 e. The average Bonchev–Trinajstić information content (AvgIpc) is 3.06. The maximum Gasteiger partial charge on any atom is 0.439 e. The van der Waals surface area contributed by atoms with E-state index in [0.717, 1.165) is 0 Å². The molecule has 0 saturated heterocycles. The van der Waals surface area contributed by atoms with Gasteiger partial charge in [-0.1, -0.05) is 23.4 Å². The molecule has 0 spiro atoms. The van der Waals surface area contributed by atoms with Crippen molar-refractivity contribution in [3.63, 3.8) is 0 Å². The summed E-state index contributed by atoms with van der Waals surface area (Å²) in [6.07, 6.45) is 1.69. The van der Waals surface area contributed by atoms with Crippen LogP contribution in [0.25, 0.3) is 11.4 Å². The zero-order valence-corrected chi connectivity index (χ0v) is 11.2. The minimum absolute atomic E-state index is 0.249. The fourth-order valence-electron chi connectivity index (χ4n) is 1.99. The number of para-hydroxylation sites is 1.